The third-order valence-corrected chi connectivity index (χ3v) is 2.22. The number of ether oxygens (including phenoxy) is 1. The van der Waals surface area contributed by atoms with Crippen molar-refractivity contribution in [2.45, 2.75) is 40.3 Å². The number of hydrogen-bond donors (Lipinski definition) is 1. The zero-order valence-corrected chi connectivity index (χ0v) is 10.5. The lowest BCUT2D eigenvalue weighted by molar-refractivity contribution is 0.0217. The van der Waals surface area contributed by atoms with Crippen molar-refractivity contribution in [2.75, 3.05) is 13.2 Å². The second kappa shape index (κ2) is 6.60. The van der Waals surface area contributed by atoms with E-state index in [0.717, 1.165) is 6.54 Å². The summed E-state index contributed by atoms with van der Waals surface area (Å²) in [6, 6.07) is 0. The molecule has 0 saturated carbocycles. The van der Waals surface area contributed by atoms with Gasteiger partial charge in [-0.1, -0.05) is 25.9 Å². The van der Waals surface area contributed by atoms with Crippen LogP contribution < -0.4 is 5.32 Å². The second-order valence-electron chi connectivity index (χ2n) is 3.95. The van der Waals surface area contributed by atoms with Crippen LogP contribution >= 0.6 is 0 Å². The Morgan fingerprint density at radius 3 is 2.69 bits per heavy atom. The highest BCUT2D eigenvalue weighted by Crippen LogP contribution is 2.22. The summed E-state index contributed by atoms with van der Waals surface area (Å²) >= 11 is 0. The summed E-state index contributed by atoms with van der Waals surface area (Å²) in [4.78, 5) is 4.32. The first kappa shape index (κ1) is 13.1. The van der Waals surface area contributed by atoms with Gasteiger partial charge in [-0.25, -0.2) is 0 Å². The maximum absolute atomic E-state index is 5.60. The molecule has 0 spiro atoms. The van der Waals surface area contributed by atoms with Crippen molar-refractivity contribution in [3.8, 4) is 0 Å². The molecule has 92 valence electrons. The summed E-state index contributed by atoms with van der Waals surface area (Å²) in [5.41, 5.74) is 0. The predicted molar refractivity (Wildman–Crippen MR) is 60.9 cm³/mol. The molecule has 1 rings (SSSR count). The van der Waals surface area contributed by atoms with E-state index in [2.05, 4.69) is 29.3 Å². The zero-order chi connectivity index (χ0) is 12.0. The highest BCUT2D eigenvalue weighted by Gasteiger charge is 2.21. The molecule has 1 N–H and O–H groups in total. The van der Waals surface area contributed by atoms with Crippen molar-refractivity contribution in [3.05, 3.63) is 11.7 Å². The van der Waals surface area contributed by atoms with Gasteiger partial charge in [0, 0.05) is 6.61 Å². The van der Waals surface area contributed by atoms with Crippen LogP contribution in [0.25, 0.3) is 0 Å². The van der Waals surface area contributed by atoms with E-state index in [0.29, 0.717) is 30.8 Å². The van der Waals surface area contributed by atoms with Crippen molar-refractivity contribution < 1.29 is 9.26 Å². The highest BCUT2D eigenvalue weighted by molar-refractivity contribution is 4.92. The van der Waals surface area contributed by atoms with E-state index in [1.807, 2.05) is 13.8 Å². The van der Waals surface area contributed by atoms with Gasteiger partial charge in [0.25, 0.3) is 0 Å². The topological polar surface area (TPSA) is 60.2 Å². The normalized spacial score (nSPS) is 13.3. The largest absolute Gasteiger partial charge is 0.370 e. The molecule has 0 fully saturated rings. The minimum atomic E-state index is -0.0795. The van der Waals surface area contributed by atoms with E-state index in [1.165, 1.54) is 0 Å². The zero-order valence-electron chi connectivity index (χ0n) is 10.5. The first-order valence-corrected chi connectivity index (χ1v) is 5.83. The van der Waals surface area contributed by atoms with Gasteiger partial charge in [0.05, 0.1) is 6.54 Å². The third-order valence-electron chi connectivity index (χ3n) is 2.22. The molecule has 0 aliphatic heterocycles. The minimum absolute atomic E-state index is 0.0795. The van der Waals surface area contributed by atoms with E-state index in [-0.39, 0.29) is 6.10 Å². The van der Waals surface area contributed by atoms with Crippen LogP contribution in [0.1, 0.15) is 45.5 Å². The standard InChI is InChI=1S/C11H21N3O2/c1-5-12-7-9-13-11(14-16-9)10(8(3)4)15-6-2/h8,10,12H,5-7H2,1-4H3. The van der Waals surface area contributed by atoms with Gasteiger partial charge in [-0.3, -0.25) is 0 Å². The summed E-state index contributed by atoms with van der Waals surface area (Å²) in [5.74, 6) is 1.59. The van der Waals surface area contributed by atoms with Crippen molar-refractivity contribution in [1.29, 1.82) is 0 Å². The van der Waals surface area contributed by atoms with Crippen LogP contribution in [0.2, 0.25) is 0 Å². The van der Waals surface area contributed by atoms with Crippen LogP contribution in [0.3, 0.4) is 0 Å². The molecule has 5 heteroatoms. The molecule has 0 aliphatic rings. The quantitative estimate of drug-likeness (QED) is 0.771. The maximum atomic E-state index is 5.60. The van der Waals surface area contributed by atoms with Crippen molar-refractivity contribution in [1.82, 2.24) is 15.5 Å². The van der Waals surface area contributed by atoms with Gasteiger partial charge in [0.2, 0.25) is 11.7 Å². The van der Waals surface area contributed by atoms with Gasteiger partial charge in [0.15, 0.2) is 0 Å². The summed E-state index contributed by atoms with van der Waals surface area (Å²) in [6.45, 7) is 10.3. The maximum Gasteiger partial charge on any atom is 0.240 e. The number of hydrogen-bond acceptors (Lipinski definition) is 5. The van der Waals surface area contributed by atoms with Gasteiger partial charge in [-0.05, 0) is 19.4 Å². The van der Waals surface area contributed by atoms with Crippen LogP contribution in [0, 0.1) is 5.92 Å². The van der Waals surface area contributed by atoms with Gasteiger partial charge in [0.1, 0.15) is 6.10 Å². The van der Waals surface area contributed by atoms with Crippen LogP contribution in [0.5, 0.6) is 0 Å². The van der Waals surface area contributed by atoms with Gasteiger partial charge in [-0.2, -0.15) is 4.98 Å². The number of aromatic nitrogens is 2. The number of nitrogens with one attached hydrogen (secondary N) is 1. The Bertz CT molecular complexity index is 299. The lowest BCUT2D eigenvalue weighted by atomic mass is 10.1. The average Bonchev–Trinajstić information content (AvgIpc) is 2.70. The molecule has 0 saturated heterocycles. The molecule has 0 radical (unpaired) electrons. The van der Waals surface area contributed by atoms with E-state index in [1.54, 1.807) is 0 Å². The molecular weight excluding hydrogens is 206 g/mol. The average molecular weight is 227 g/mol. The summed E-state index contributed by atoms with van der Waals surface area (Å²) in [5, 5.41) is 7.10. The van der Waals surface area contributed by atoms with Crippen LogP contribution in [-0.2, 0) is 11.3 Å². The monoisotopic (exact) mass is 227 g/mol. The third kappa shape index (κ3) is 3.57. The van der Waals surface area contributed by atoms with Gasteiger partial charge < -0.3 is 14.6 Å². The molecule has 1 aromatic rings. The lowest BCUT2D eigenvalue weighted by Gasteiger charge is -2.16. The van der Waals surface area contributed by atoms with E-state index in [9.17, 15) is 0 Å². The number of nitrogens with zero attached hydrogens (tertiary/aromatic N) is 2. The minimum Gasteiger partial charge on any atom is -0.370 e. The Labute approximate surface area is 96.6 Å². The SMILES string of the molecule is CCNCc1nc(C(OCC)C(C)C)no1. The van der Waals surface area contributed by atoms with Crippen LogP contribution in [0.4, 0.5) is 0 Å². The molecule has 1 atom stereocenters. The smallest absolute Gasteiger partial charge is 0.240 e. The van der Waals surface area contributed by atoms with Crippen LogP contribution in [-0.4, -0.2) is 23.3 Å². The fourth-order valence-electron chi connectivity index (χ4n) is 1.43. The first-order chi connectivity index (χ1) is 7.69. The van der Waals surface area contributed by atoms with Crippen LogP contribution in [0.15, 0.2) is 4.52 Å². The van der Waals surface area contributed by atoms with Gasteiger partial charge in [-0.15, -0.1) is 0 Å². The van der Waals surface area contributed by atoms with Crippen molar-refractivity contribution >= 4 is 0 Å². The van der Waals surface area contributed by atoms with E-state index in [4.69, 9.17) is 9.26 Å². The first-order valence-electron chi connectivity index (χ1n) is 5.83. The second-order valence-corrected chi connectivity index (χ2v) is 3.95. The Morgan fingerprint density at radius 1 is 1.38 bits per heavy atom. The Morgan fingerprint density at radius 2 is 2.12 bits per heavy atom. The molecule has 16 heavy (non-hydrogen) atoms. The molecule has 5 nitrogen and oxygen atoms in total. The van der Waals surface area contributed by atoms with E-state index >= 15 is 0 Å². The molecule has 0 amide bonds. The molecule has 1 unspecified atom stereocenters. The summed E-state index contributed by atoms with van der Waals surface area (Å²) < 4.78 is 10.7. The van der Waals surface area contributed by atoms with Crippen molar-refractivity contribution in [3.63, 3.8) is 0 Å². The summed E-state index contributed by atoms with van der Waals surface area (Å²) in [6.07, 6.45) is -0.0795. The highest BCUT2D eigenvalue weighted by atomic mass is 16.5. The molecule has 0 aliphatic carbocycles. The predicted octanol–water partition coefficient (Wildman–Crippen LogP) is 1.91. The molecule has 0 aromatic carbocycles. The lowest BCUT2D eigenvalue weighted by Crippen LogP contribution is -2.14. The number of rotatable bonds is 7. The Balaban J connectivity index is 2.65. The summed E-state index contributed by atoms with van der Waals surface area (Å²) in [7, 11) is 0. The Kier molecular flexibility index (Phi) is 5.42. The van der Waals surface area contributed by atoms with E-state index < -0.39 is 0 Å². The molecule has 0 bridgehead atoms. The molecule has 1 aromatic heterocycles. The fourth-order valence-corrected chi connectivity index (χ4v) is 1.43. The molecular formula is C11H21N3O2. The molecule has 1 heterocycles. The fraction of sp³-hybridized carbons (Fsp3) is 0.818. The van der Waals surface area contributed by atoms with Crippen molar-refractivity contribution in [2.24, 2.45) is 5.92 Å². The Hall–Kier alpha value is -0.940. The van der Waals surface area contributed by atoms with Gasteiger partial charge >= 0.3 is 0 Å².